The smallest absolute Gasteiger partial charge is 0.211 e. The van der Waals surface area contributed by atoms with Gasteiger partial charge in [0.25, 0.3) is 0 Å². The SMILES string of the molecule is CCc1cccnc1C(=O)c1ccc(Cl)c(Cl)c1. The molecule has 0 unspecified atom stereocenters. The number of carbonyl (C=O) groups excluding carboxylic acids is 1. The molecular weight excluding hydrogens is 269 g/mol. The number of hydrogen-bond donors (Lipinski definition) is 0. The number of halogens is 2. The van der Waals surface area contributed by atoms with Crippen molar-refractivity contribution in [1.82, 2.24) is 4.98 Å². The van der Waals surface area contributed by atoms with Gasteiger partial charge in [-0.3, -0.25) is 9.78 Å². The molecule has 0 aliphatic carbocycles. The number of aryl methyl sites for hydroxylation is 1. The molecule has 1 aromatic carbocycles. The van der Waals surface area contributed by atoms with Crippen LogP contribution in [0.2, 0.25) is 10.0 Å². The molecule has 2 aromatic rings. The van der Waals surface area contributed by atoms with Gasteiger partial charge in [-0.25, -0.2) is 0 Å². The average molecular weight is 280 g/mol. The Morgan fingerprint density at radius 1 is 1.22 bits per heavy atom. The normalized spacial score (nSPS) is 10.4. The van der Waals surface area contributed by atoms with Crippen LogP contribution in [0.25, 0.3) is 0 Å². The number of hydrogen-bond acceptors (Lipinski definition) is 2. The molecule has 0 amide bonds. The number of pyridine rings is 1. The van der Waals surface area contributed by atoms with Crippen molar-refractivity contribution >= 4 is 29.0 Å². The van der Waals surface area contributed by atoms with Crippen molar-refractivity contribution in [2.24, 2.45) is 0 Å². The predicted molar refractivity (Wildman–Crippen MR) is 73.5 cm³/mol. The zero-order valence-corrected chi connectivity index (χ0v) is 11.3. The topological polar surface area (TPSA) is 30.0 Å². The highest BCUT2D eigenvalue weighted by Crippen LogP contribution is 2.24. The zero-order valence-electron chi connectivity index (χ0n) is 9.78. The number of rotatable bonds is 3. The summed E-state index contributed by atoms with van der Waals surface area (Å²) in [5.74, 6) is -0.133. The molecule has 0 fully saturated rings. The van der Waals surface area contributed by atoms with Crippen LogP contribution in [0.1, 0.15) is 28.5 Å². The van der Waals surface area contributed by atoms with Gasteiger partial charge in [-0.1, -0.05) is 36.2 Å². The fraction of sp³-hybridized carbons (Fsp3) is 0.143. The molecule has 0 spiro atoms. The molecule has 18 heavy (non-hydrogen) atoms. The minimum atomic E-state index is -0.133. The summed E-state index contributed by atoms with van der Waals surface area (Å²) in [6, 6.07) is 8.57. The summed E-state index contributed by atoms with van der Waals surface area (Å²) in [6.07, 6.45) is 2.38. The van der Waals surface area contributed by atoms with E-state index >= 15 is 0 Å². The number of ketones is 1. The summed E-state index contributed by atoms with van der Waals surface area (Å²) < 4.78 is 0. The fourth-order valence-electron chi connectivity index (χ4n) is 1.70. The highest BCUT2D eigenvalue weighted by molar-refractivity contribution is 6.42. The Balaban J connectivity index is 2.44. The molecule has 0 atom stereocenters. The maximum atomic E-state index is 12.3. The molecule has 2 nitrogen and oxygen atoms in total. The van der Waals surface area contributed by atoms with Crippen molar-refractivity contribution in [2.75, 3.05) is 0 Å². The Kier molecular flexibility index (Phi) is 4.00. The monoisotopic (exact) mass is 279 g/mol. The van der Waals surface area contributed by atoms with Gasteiger partial charge >= 0.3 is 0 Å². The molecule has 0 radical (unpaired) electrons. The lowest BCUT2D eigenvalue weighted by Gasteiger charge is -2.06. The van der Waals surface area contributed by atoms with E-state index in [-0.39, 0.29) is 5.78 Å². The highest BCUT2D eigenvalue weighted by atomic mass is 35.5. The average Bonchev–Trinajstić information content (AvgIpc) is 2.41. The minimum Gasteiger partial charge on any atom is -0.287 e. The largest absolute Gasteiger partial charge is 0.287 e. The second-order valence-electron chi connectivity index (χ2n) is 3.82. The quantitative estimate of drug-likeness (QED) is 0.789. The first kappa shape index (κ1) is 13.1. The van der Waals surface area contributed by atoms with Crippen molar-refractivity contribution < 1.29 is 4.79 Å². The fourth-order valence-corrected chi connectivity index (χ4v) is 2.00. The molecule has 0 saturated carbocycles. The van der Waals surface area contributed by atoms with Crippen LogP contribution in [0.3, 0.4) is 0 Å². The summed E-state index contributed by atoms with van der Waals surface area (Å²) >= 11 is 11.7. The van der Waals surface area contributed by atoms with Crippen molar-refractivity contribution in [1.29, 1.82) is 0 Å². The maximum absolute atomic E-state index is 12.3. The predicted octanol–water partition coefficient (Wildman–Crippen LogP) is 4.18. The third kappa shape index (κ3) is 2.55. The van der Waals surface area contributed by atoms with Gasteiger partial charge in [-0.2, -0.15) is 0 Å². The Morgan fingerprint density at radius 2 is 2.00 bits per heavy atom. The van der Waals surface area contributed by atoms with Gasteiger partial charge in [-0.15, -0.1) is 0 Å². The van der Waals surface area contributed by atoms with E-state index in [2.05, 4.69) is 4.98 Å². The first-order valence-electron chi connectivity index (χ1n) is 5.57. The van der Waals surface area contributed by atoms with Crippen LogP contribution in [0, 0.1) is 0 Å². The van der Waals surface area contributed by atoms with Gasteiger partial charge in [0.15, 0.2) is 0 Å². The maximum Gasteiger partial charge on any atom is 0.211 e. The van der Waals surface area contributed by atoms with E-state index in [9.17, 15) is 4.79 Å². The van der Waals surface area contributed by atoms with E-state index in [0.717, 1.165) is 12.0 Å². The summed E-state index contributed by atoms with van der Waals surface area (Å²) in [7, 11) is 0. The summed E-state index contributed by atoms with van der Waals surface area (Å²) in [5.41, 5.74) is 1.89. The third-order valence-electron chi connectivity index (χ3n) is 2.67. The molecule has 0 N–H and O–H groups in total. The molecule has 0 aliphatic heterocycles. The van der Waals surface area contributed by atoms with E-state index in [4.69, 9.17) is 23.2 Å². The van der Waals surface area contributed by atoms with Crippen LogP contribution in [0.15, 0.2) is 36.5 Å². The van der Waals surface area contributed by atoms with Crippen LogP contribution >= 0.6 is 23.2 Å². The van der Waals surface area contributed by atoms with Gasteiger partial charge in [0.1, 0.15) is 5.69 Å². The van der Waals surface area contributed by atoms with E-state index in [1.807, 2.05) is 19.1 Å². The second-order valence-corrected chi connectivity index (χ2v) is 4.64. The van der Waals surface area contributed by atoms with E-state index in [0.29, 0.717) is 21.3 Å². The number of benzene rings is 1. The van der Waals surface area contributed by atoms with Gasteiger partial charge in [0, 0.05) is 11.8 Å². The van der Waals surface area contributed by atoms with Gasteiger partial charge in [-0.05, 0) is 36.2 Å². The van der Waals surface area contributed by atoms with Gasteiger partial charge < -0.3 is 0 Å². The Bertz CT molecular complexity index is 596. The third-order valence-corrected chi connectivity index (χ3v) is 3.41. The zero-order chi connectivity index (χ0) is 13.1. The number of carbonyl (C=O) groups is 1. The van der Waals surface area contributed by atoms with Crippen molar-refractivity contribution in [2.45, 2.75) is 13.3 Å². The molecule has 0 saturated heterocycles. The Hall–Kier alpha value is -1.38. The molecule has 1 aromatic heterocycles. The van der Waals surface area contributed by atoms with Crippen molar-refractivity contribution in [3.8, 4) is 0 Å². The van der Waals surface area contributed by atoms with Gasteiger partial charge in [0.05, 0.1) is 10.0 Å². The molecular formula is C14H11Cl2NO. The molecule has 0 bridgehead atoms. The second kappa shape index (κ2) is 5.51. The van der Waals surface area contributed by atoms with Crippen molar-refractivity contribution in [3.63, 3.8) is 0 Å². The van der Waals surface area contributed by atoms with E-state index < -0.39 is 0 Å². The first-order chi connectivity index (χ1) is 8.63. The lowest BCUT2D eigenvalue weighted by atomic mass is 10.0. The van der Waals surface area contributed by atoms with Crippen LogP contribution < -0.4 is 0 Å². The standard InChI is InChI=1S/C14H11Cl2NO/c1-2-9-4-3-7-17-13(9)14(18)10-5-6-11(15)12(16)8-10/h3-8H,2H2,1H3. The van der Waals surface area contributed by atoms with Crippen LogP contribution in [-0.2, 0) is 6.42 Å². The minimum absolute atomic E-state index is 0.133. The van der Waals surface area contributed by atoms with Crippen LogP contribution in [-0.4, -0.2) is 10.8 Å². The summed E-state index contributed by atoms with van der Waals surface area (Å²) in [4.78, 5) is 16.5. The van der Waals surface area contributed by atoms with E-state index in [1.165, 1.54) is 0 Å². The lowest BCUT2D eigenvalue weighted by molar-refractivity contribution is 0.103. The Labute approximate surface area is 116 Å². The number of nitrogens with zero attached hydrogens (tertiary/aromatic N) is 1. The molecule has 2 rings (SSSR count). The molecule has 1 heterocycles. The van der Waals surface area contributed by atoms with Crippen LogP contribution in [0.4, 0.5) is 0 Å². The van der Waals surface area contributed by atoms with Crippen molar-refractivity contribution in [3.05, 3.63) is 63.4 Å². The molecule has 92 valence electrons. The summed E-state index contributed by atoms with van der Waals surface area (Å²) in [6.45, 7) is 1.99. The van der Waals surface area contributed by atoms with Crippen LogP contribution in [0.5, 0.6) is 0 Å². The van der Waals surface area contributed by atoms with Gasteiger partial charge in [0.2, 0.25) is 5.78 Å². The lowest BCUT2D eigenvalue weighted by Crippen LogP contribution is -2.07. The number of aromatic nitrogens is 1. The first-order valence-corrected chi connectivity index (χ1v) is 6.32. The van der Waals surface area contributed by atoms with E-state index in [1.54, 1.807) is 24.4 Å². The Morgan fingerprint density at radius 3 is 2.67 bits per heavy atom. The molecule has 0 aliphatic rings. The highest BCUT2D eigenvalue weighted by Gasteiger charge is 2.15. The summed E-state index contributed by atoms with van der Waals surface area (Å²) in [5, 5.41) is 0.807. The molecule has 4 heteroatoms.